The van der Waals surface area contributed by atoms with Gasteiger partial charge >= 0.3 is 0 Å². The second-order valence-electron chi connectivity index (χ2n) is 6.00. The van der Waals surface area contributed by atoms with Crippen molar-refractivity contribution in [2.24, 2.45) is 11.7 Å². The van der Waals surface area contributed by atoms with Gasteiger partial charge in [-0.2, -0.15) is 0 Å². The van der Waals surface area contributed by atoms with Crippen molar-refractivity contribution in [3.63, 3.8) is 0 Å². The van der Waals surface area contributed by atoms with E-state index < -0.39 is 0 Å². The first-order valence-electron chi connectivity index (χ1n) is 7.80. The molecule has 1 fully saturated rings. The van der Waals surface area contributed by atoms with Gasteiger partial charge in [-0.1, -0.05) is 19.8 Å². The lowest BCUT2D eigenvalue weighted by atomic mass is 9.94. The van der Waals surface area contributed by atoms with E-state index in [-0.39, 0.29) is 0 Å². The summed E-state index contributed by atoms with van der Waals surface area (Å²) in [6.45, 7) is 10.5. The van der Waals surface area contributed by atoms with Crippen LogP contribution in [0.3, 0.4) is 0 Å². The van der Waals surface area contributed by atoms with Gasteiger partial charge in [-0.15, -0.1) is 0 Å². The fourth-order valence-corrected chi connectivity index (χ4v) is 3.01. The topological polar surface area (TPSA) is 32.5 Å². The second kappa shape index (κ2) is 8.89. The highest BCUT2D eigenvalue weighted by molar-refractivity contribution is 4.76. The maximum atomic E-state index is 5.69. The van der Waals surface area contributed by atoms with Crippen molar-refractivity contribution in [1.82, 2.24) is 9.80 Å². The number of hydrogen-bond donors (Lipinski definition) is 1. The molecule has 108 valence electrons. The lowest BCUT2D eigenvalue weighted by Gasteiger charge is -2.37. The molecular formula is C15H33N3. The molecule has 1 rings (SSSR count). The van der Waals surface area contributed by atoms with E-state index >= 15 is 0 Å². The number of rotatable bonds is 8. The minimum absolute atomic E-state index is 0.717. The summed E-state index contributed by atoms with van der Waals surface area (Å²) in [7, 11) is 2.24. The van der Waals surface area contributed by atoms with Crippen LogP contribution in [0.25, 0.3) is 0 Å². The Hall–Kier alpha value is -0.120. The first-order chi connectivity index (χ1) is 8.67. The van der Waals surface area contributed by atoms with Crippen LogP contribution >= 0.6 is 0 Å². The highest BCUT2D eigenvalue weighted by Crippen LogP contribution is 2.18. The third kappa shape index (κ3) is 5.68. The predicted octanol–water partition coefficient (Wildman–Crippen LogP) is 2.17. The van der Waals surface area contributed by atoms with E-state index in [1.807, 2.05) is 0 Å². The molecule has 1 aliphatic heterocycles. The fourth-order valence-electron chi connectivity index (χ4n) is 3.01. The molecular weight excluding hydrogens is 222 g/mol. The smallest absolute Gasteiger partial charge is 0.0192 e. The molecule has 1 aliphatic rings. The zero-order valence-electron chi connectivity index (χ0n) is 12.7. The summed E-state index contributed by atoms with van der Waals surface area (Å²) in [5, 5.41) is 0. The highest BCUT2D eigenvalue weighted by atomic mass is 15.3. The maximum Gasteiger partial charge on any atom is 0.0192 e. The molecule has 0 saturated carbocycles. The van der Waals surface area contributed by atoms with Crippen molar-refractivity contribution in [2.45, 2.75) is 52.0 Å². The monoisotopic (exact) mass is 255 g/mol. The summed E-state index contributed by atoms with van der Waals surface area (Å²) in [5.41, 5.74) is 5.69. The van der Waals surface area contributed by atoms with Crippen LogP contribution in [0, 0.1) is 5.92 Å². The van der Waals surface area contributed by atoms with Crippen molar-refractivity contribution in [3.8, 4) is 0 Å². The van der Waals surface area contributed by atoms with Crippen LogP contribution in [0.15, 0.2) is 0 Å². The molecule has 3 heteroatoms. The molecule has 0 aromatic rings. The number of piperazine rings is 1. The van der Waals surface area contributed by atoms with Gasteiger partial charge in [-0.25, -0.2) is 0 Å². The Morgan fingerprint density at radius 3 is 2.61 bits per heavy atom. The second-order valence-corrected chi connectivity index (χ2v) is 6.00. The Labute approximate surface area is 114 Å². The number of nitrogens with two attached hydrogens (primary N) is 1. The Kier molecular flexibility index (Phi) is 7.87. The van der Waals surface area contributed by atoms with E-state index in [1.54, 1.807) is 0 Å². The van der Waals surface area contributed by atoms with Crippen molar-refractivity contribution in [3.05, 3.63) is 0 Å². The van der Waals surface area contributed by atoms with Crippen molar-refractivity contribution in [2.75, 3.05) is 39.8 Å². The first kappa shape index (κ1) is 15.9. The molecule has 1 heterocycles. The Morgan fingerprint density at radius 2 is 2.00 bits per heavy atom. The molecule has 0 radical (unpaired) electrons. The zero-order valence-corrected chi connectivity index (χ0v) is 12.7. The quantitative estimate of drug-likeness (QED) is 0.721. The van der Waals surface area contributed by atoms with Gasteiger partial charge in [0.2, 0.25) is 0 Å². The van der Waals surface area contributed by atoms with Gasteiger partial charge in [0.25, 0.3) is 0 Å². The normalized spacial score (nSPS) is 24.3. The summed E-state index contributed by atoms with van der Waals surface area (Å²) in [5.74, 6) is 0.866. The van der Waals surface area contributed by atoms with Gasteiger partial charge in [0.15, 0.2) is 0 Å². The molecule has 18 heavy (non-hydrogen) atoms. The average Bonchev–Trinajstić information content (AvgIpc) is 2.34. The third-order valence-electron chi connectivity index (χ3n) is 4.40. The van der Waals surface area contributed by atoms with E-state index in [2.05, 4.69) is 30.7 Å². The molecule has 0 bridgehead atoms. The molecule has 0 spiro atoms. The van der Waals surface area contributed by atoms with Gasteiger partial charge in [0.1, 0.15) is 0 Å². The van der Waals surface area contributed by atoms with Crippen LogP contribution in [-0.2, 0) is 0 Å². The molecule has 0 aromatic heterocycles. The largest absolute Gasteiger partial charge is 0.330 e. The van der Waals surface area contributed by atoms with Gasteiger partial charge in [0, 0.05) is 25.7 Å². The van der Waals surface area contributed by atoms with Crippen LogP contribution in [-0.4, -0.2) is 55.6 Å². The number of nitrogens with zero attached hydrogens (tertiary/aromatic N) is 2. The van der Waals surface area contributed by atoms with E-state index in [0.717, 1.165) is 12.5 Å². The zero-order chi connectivity index (χ0) is 13.4. The molecule has 0 aliphatic carbocycles. The fraction of sp³-hybridized carbons (Fsp3) is 1.00. The predicted molar refractivity (Wildman–Crippen MR) is 79.8 cm³/mol. The van der Waals surface area contributed by atoms with Crippen LogP contribution in [0.5, 0.6) is 0 Å². The van der Waals surface area contributed by atoms with Gasteiger partial charge in [-0.05, 0) is 52.2 Å². The lowest BCUT2D eigenvalue weighted by molar-refractivity contribution is 0.102. The molecule has 1 saturated heterocycles. The van der Waals surface area contributed by atoms with Crippen molar-refractivity contribution < 1.29 is 0 Å². The van der Waals surface area contributed by atoms with Crippen LogP contribution in [0.1, 0.15) is 46.0 Å². The minimum atomic E-state index is 0.717. The molecule has 0 aromatic carbocycles. The number of likely N-dealkylation sites (N-methyl/N-ethyl adjacent to an activating group) is 1. The Balaban J connectivity index is 2.16. The van der Waals surface area contributed by atoms with Gasteiger partial charge < -0.3 is 15.5 Å². The molecule has 2 N–H and O–H groups in total. The van der Waals surface area contributed by atoms with Gasteiger partial charge in [0.05, 0.1) is 0 Å². The SMILES string of the molecule is CCCC(CCN)CCCN1CCN(C)C(C)C1. The molecule has 2 atom stereocenters. The maximum absolute atomic E-state index is 5.69. The van der Waals surface area contributed by atoms with Crippen molar-refractivity contribution >= 4 is 0 Å². The minimum Gasteiger partial charge on any atom is -0.330 e. The average molecular weight is 255 g/mol. The van der Waals surface area contributed by atoms with E-state index in [1.165, 1.54) is 58.3 Å². The van der Waals surface area contributed by atoms with Crippen LogP contribution in [0.4, 0.5) is 0 Å². The Morgan fingerprint density at radius 1 is 1.22 bits per heavy atom. The Bertz CT molecular complexity index is 202. The first-order valence-corrected chi connectivity index (χ1v) is 7.80. The summed E-state index contributed by atoms with van der Waals surface area (Å²) >= 11 is 0. The van der Waals surface area contributed by atoms with E-state index in [9.17, 15) is 0 Å². The lowest BCUT2D eigenvalue weighted by Crippen LogP contribution is -2.50. The van der Waals surface area contributed by atoms with Crippen LogP contribution in [0.2, 0.25) is 0 Å². The van der Waals surface area contributed by atoms with E-state index in [0.29, 0.717) is 6.04 Å². The highest BCUT2D eigenvalue weighted by Gasteiger charge is 2.20. The summed E-state index contributed by atoms with van der Waals surface area (Å²) in [6, 6.07) is 0.717. The summed E-state index contributed by atoms with van der Waals surface area (Å²) < 4.78 is 0. The third-order valence-corrected chi connectivity index (χ3v) is 4.40. The van der Waals surface area contributed by atoms with Gasteiger partial charge in [-0.3, -0.25) is 0 Å². The molecule has 0 amide bonds. The molecule has 2 unspecified atom stereocenters. The number of hydrogen-bond acceptors (Lipinski definition) is 3. The standard InChI is InChI=1S/C15H33N3/c1-4-6-15(8-9-16)7-5-10-18-12-11-17(3)14(2)13-18/h14-15H,4-13,16H2,1-3H3. The van der Waals surface area contributed by atoms with E-state index in [4.69, 9.17) is 5.73 Å². The summed E-state index contributed by atoms with van der Waals surface area (Å²) in [4.78, 5) is 5.10. The van der Waals surface area contributed by atoms with Crippen LogP contribution < -0.4 is 5.73 Å². The summed E-state index contributed by atoms with van der Waals surface area (Å²) in [6.07, 6.45) is 6.59. The van der Waals surface area contributed by atoms with Crippen molar-refractivity contribution in [1.29, 1.82) is 0 Å². The molecule has 3 nitrogen and oxygen atoms in total.